The Kier molecular flexibility index (Phi) is 5.00. The van der Waals surface area contributed by atoms with Crippen molar-refractivity contribution in [2.75, 3.05) is 0 Å². The highest BCUT2D eigenvalue weighted by atomic mass is 32.1. The number of aromatic nitrogens is 2. The van der Waals surface area contributed by atoms with Gasteiger partial charge in [-0.3, -0.25) is 14.2 Å². The largest absolute Gasteiger partial charge is 0.347 e. The zero-order valence-electron chi connectivity index (χ0n) is 16.5. The molecule has 1 aromatic carbocycles. The Morgan fingerprint density at radius 3 is 2.73 bits per heavy atom. The molecule has 30 heavy (non-hydrogen) atoms. The van der Waals surface area contributed by atoms with E-state index in [-0.39, 0.29) is 24.1 Å². The molecular formula is C23H21N3O2S2. The summed E-state index contributed by atoms with van der Waals surface area (Å²) < 4.78 is 1.42. The van der Waals surface area contributed by atoms with Crippen molar-refractivity contribution in [3.8, 4) is 10.4 Å². The Labute approximate surface area is 182 Å². The van der Waals surface area contributed by atoms with Gasteiger partial charge < -0.3 is 5.32 Å². The summed E-state index contributed by atoms with van der Waals surface area (Å²) in [7, 11) is 0. The van der Waals surface area contributed by atoms with Crippen molar-refractivity contribution in [3.63, 3.8) is 0 Å². The van der Waals surface area contributed by atoms with E-state index in [9.17, 15) is 9.59 Å². The first-order chi connectivity index (χ1) is 14.6. The topological polar surface area (TPSA) is 64.0 Å². The van der Waals surface area contributed by atoms with Gasteiger partial charge in [0.1, 0.15) is 11.4 Å². The Morgan fingerprint density at radius 1 is 1.23 bits per heavy atom. The second-order valence-electron chi connectivity index (χ2n) is 7.78. The average molecular weight is 436 g/mol. The van der Waals surface area contributed by atoms with Gasteiger partial charge in [-0.05, 0) is 42.7 Å². The van der Waals surface area contributed by atoms with Gasteiger partial charge in [-0.2, -0.15) is 0 Å². The third kappa shape index (κ3) is 3.70. The maximum atomic E-state index is 13.1. The van der Waals surface area contributed by atoms with E-state index in [0.717, 1.165) is 28.8 Å². The van der Waals surface area contributed by atoms with E-state index in [2.05, 4.69) is 41.5 Å². The number of carbonyl (C=O) groups excluding carboxylic acids is 1. The average Bonchev–Trinajstić information content (AvgIpc) is 3.25. The van der Waals surface area contributed by atoms with Gasteiger partial charge in [-0.15, -0.1) is 22.7 Å². The summed E-state index contributed by atoms with van der Waals surface area (Å²) in [4.78, 5) is 32.1. The molecule has 1 saturated carbocycles. The first-order valence-electron chi connectivity index (χ1n) is 9.96. The lowest BCUT2D eigenvalue weighted by Gasteiger charge is -2.19. The fraction of sp³-hybridized carbons (Fsp3) is 0.261. The van der Waals surface area contributed by atoms with Crippen molar-refractivity contribution in [2.24, 2.45) is 5.92 Å². The zero-order chi connectivity index (χ0) is 20.7. The van der Waals surface area contributed by atoms with Crippen LogP contribution in [0.3, 0.4) is 0 Å². The molecular weight excluding hydrogens is 414 g/mol. The summed E-state index contributed by atoms with van der Waals surface area (Å²) in [6, 6.07) is 12.3. The van der Waals surface area contributed by atoms with Crippen LogP contribution in [0.1, 0.15) is 30.0 Å². The van der Waals surface area contributed by atoms with Crippen LogP contribution in [-0.2, 0) is 11.3 Å². The minimum atomic E-state index is -0.168. The molecule has 5 rings (SSSR count). The standard InChI is InChI=1S/C23H21N3O2S2/c1-14-4-6-15(7-5-14)21(16-8-9-16)25-19(27)11-26-13-24-22-20(23(26)28)17(12-30-22)18-3-2-10-29-18/h2-7,10,12-13,16,21H,8-9,11H2,1H3,(H,25,27). The number of benzene rings is 1. The van der Waals surface area contributed by atoms with Crippen molar-refractivity contribution >= 4 is 38.8 Å². The summed E-state index contributed by atoms with van der Waals surface area (Å²) >= 11 is 3.05. The lowest BCUT2D eigenvalue weighted by atomic mass is 10.0. The van der Waals surface area contributed by atoms with Crippen molar-refractivity contribution in [2.45, 2.75) is 32.4 Å². The van der Waals surface area contributed by atoms with Crippen molar-refractivity contribution in [1.82, 2.24) is 14.9 Å². The molecule has 3 heterocycles. The number of hydrogen-bond donors (Lipinski definition) is 1. The monoisotopic (exact) mass is 435 g/mol. The Hall–Kier alpha value is -2.77. The molecule has 0 spiro atoms. The SMILES string of the molecule is Cc1ccc(C(NC(=O)Cn2cnc3scc(-c4cccs4)c3c2=O)C2CC2)cc1. The van der Waals surface area contributed by atoms with Gasteiger partial charge >= 0.3 is 0 Å². The first kappa shape index (κ1) is 19.2. The van der Waals surface area contributed by atoms with Gasteiger partial charge in [0.2, 0.25) is 5.91 Å². The molecule has 0 bridgehead atoms. The molecule has 0 aliphatic heterocycles. The van der Waals surface area contributed by atoms with E-state index in [1.54, 1.807) is 11.3 Å². The number of thiophene rings is 2. The van der Waals surface area contributed by atoms with E-state index in [0.29, 0.717) is 16.1 Å². The van der Waals surface area contributed by atoms with E-state index in [1.165, 1.54) is 27.8 Å². The summed E-state index contributed by atoms with van der Waals surface area (Å²) in [5.41, 5.74) is 3.05. The molecule has 4 aromatic rings. The number of fused-ring (bicyclic) bond motifs is 1. The third-order valence-corrected chi connectivity index (χ3v) is 7.30. The smallest absolute Gasteiger partial charge is 0.263 e. The van der Waals surface area contributed by atoms with Crippen molar-refractivity contribution in [3.05, 3.63) is 75.0 Å². The molecule has 0 radical (unpaired) electrons. The van der Waals surface area contributed by atoms with Gasteiger partial charge in [0.05, 0.1) is 17.8 Å². The van der Waals surface area contributed by atoms with Crippen LogP contribution >= 0.6 is 22.7 Å². The van der Waals surface area contributed by atoms with Gasteiger partial charge in [-0.25, -0.2) is 4.98 Å². The molecule has 1 aliphatic carbocycles. The summed E-state index contributed by atoms with van der Waals surface area (Å²) in [5, 5.41) is 7.70. The molecule has 152 valence electrons. The highest BCUT2D eigenvalue weighted by molar-refractivity contribution is 7.18. The van der Waals surface area contributed by atoms with Crippen LogP contribution in [0.15, 0.2) is 58.3 Å². The summed E-state index contributed by atoms with van der Waals surface area (Å²) in [6.07, 6.45) is 3.72. The summed E-state index contributed by atoms with van der Waals surface area (Å²) in [5.74, 6) is 0.305. The highest BCUT2D eigenvalue weighted by Crippen LogP contribution is 2.41. The molecule has 7 heteroatoms. The van der Waals surface area contributed by atoms with Crippen molar-refractivity contribution in [1.29, 1.82) is 0 Å². The zero-order valence-corrected chi connectivity index (χ0v) is 18.1. The van der Waals surface area contributed by atoms with E-state index in [4.69, 9.17) is 0 Å². The second kappa shape index (κ2) is 7.81. The number of rotatable bonds is 6. The Bertz CT molecular complexity index is 1250. The lowest BCUT2D eigenvalue weighted by Crippen LogP contribution is -2.35. The van der Waals surface area contributed by atoms with Crippen LogP contribution in [-0.4, -0.2) is 15.5 Å². The van der Waals surface area contributed by atoms with Gasteiger partial charge in [0.15, 0.2) is 0 Å². The van der Waals surface area contributed by atoms with E-state index < -0.39 is 0 Å². The predicted octanol–water partition coefficient (Wildman–Crippen LogP) is 4.76. The molecule has 1 N–H and O–H groups in total. The molecule has 1 fully saturated rings. The fourth-order valence-electron chi connectivity index (χ4n) is 3.74. The number of carbonyl (C=O) groups is 1. The van der Waals surface area contributed by atoms with Crippen LogP contribution in [0.25, 0.3) is 20.7 Å². The fourth-order valence-corrected chi connectivity index (χ4v) is 5.46. The number of aryl methyl sites for hydroxylation is 1. The third-order valence-electron chi connectivity index (χ3n) is 5.51. The van der Waals surface area contributed by atoms with Gasteiger partial charge in [0.25, 0.3) is 5.56 Å². The highest BCUT2D eigenvalue weighted by Gasteiger charge is 2.33. The van der Waals surface area contributed by atoms with Gasteiger partial charge in [0, 0.05) is 15.8 Å². The van der Waals surface area contributed by atoms with Crippen LogP contribution < -0.4 is 10.9 Å². The molecule has 1 amide bonds. The maximum absolute atomic E-state index is 13.1. The van der Waals surface area contributed by atoms with Crippen LogP contribution in [0.5, 0.6) is 0 Å². The normalized spacial score (nSPS) is 14.7. The molecule has 1 atom stereocenters. The molecule has 0 saturated heterocycles. The van der Waals surface area contributed by atoms with Crippen LogP contribution in [0.2, 0.25) is 0 Å². The van der Waals surface area contributed by atoms with E-state index in [1.807, 2.05) is 22.9 Å². The number of hydrogen-bond acceptors (Lipinski definition) is 5. The van der Waals surface area contributed by atoms with Crippen LogP contribution in [0.4, 0.5) is 0 Å². The summed E-state index contributed by atoms with van der Waals surface area (Å²) in [6.45, 7) is 2.02. The Balaban J connectivity index is 1.40. The minimum absolute atomic E-state index is 0.00619. The minimum Gasteiger partial charge on any atom is -0.347 e. The lowest BCUT2D eigenvalue weighted by molar-refractivity contribution is -0.122. The van der Waals surface area contributed by atoms with Gasteiger partial charge in [-0.1, -0.05) is 35.9 Å². The number of nitrogens with zero attached hydrogens (tertiary/aromatic N) is 2. The molecule has 1 unspecified atom stereocenters. The predicted molar refractivity (Wildman–Crippen MR) is 122 cm³/mol. The van der Waals surface area contributed by atoms with Crippen molar-refractivity contribution < 1.29 is 4.79 Å². The van der Waals surface area contributed by atoms with E-state index >= 15 is 0 Å². The second-order valence-corrected chi connectivity index (χ2v) is 9.58. The van der Waals surface area contributed by atoms with Crippen LogP contribution in [0, 0.1) is 12.8 Å². The molecule has 3 aromatic heterocycles. The quantitative estimate of drug-likeness (QED) is 0.475. The first-order valence-corrected chi connectivity index (χ1v) is 11.7. The molecule has 5 nitrogen and oxygen atoms in total. The Morgan fingerprint density at radius 2 is 2.03 bits per heavy atom. The number of amides is 1. The number of nitrogens with one attached hydrogen (secondary N) is 1. The molecule has 1 aliphatic rings. The maximum Gasteiger partial charge on any atom is 0.263 e.